The second-order valence-electron chi connectivity index (χ2n) is 4.46. The van der Waals surface area contributed by atoms with Crippen molar-refractivity contribution in [3.63, 3.8) is 0 Å². The number of hydrogen-bond donors (Lipinski definition) is 2. The van der Waals surface area contributed by atoms with E-state index in [-0.39, 0.29) is 5.91 Å². The van der Waals surface area contributed by atoms with E-state index in [2.05, 4.69) is 15.5 Å². The zero-order chi connectivity index (χ0) is 15.2. The van der Waals surface area contributed by atoms with Gasteiger partial charge in [0.05, 0.1) is 11.4 Å². The summed E-state index contributed by atoms with van der Waals surface area (Å²) in [5, 5.41) is 11.9. The van der Waals surface area contributed by atoms with Gasteiger partial charge in [-0.15, -0.1) is 10.2 Å². The molecule has 0 radical (unpaired) electrons. The van der Waals surface area contributed by atoms with E-state index in [0.717, 1.165) is 17.3 Å². The van der Waals surface area contributed by atoms with Crippen LogP contribution in [-0.2, 0) is 11.8 Å². The van der Waals surface area contributed by atoms with Crippen LogP contribution in [0.5, 0.6) is 0 Å². The Morgan fingerprint density at radius 3 is 3.05 bits per heavy atom. The molecule has 0 spiro atoms. The molecule has 0 atom stereocenters. The Morgan fingerprint density at radius 2 is 2.33 bits per heavy atom. The Hall–Kier alpha value is -1.73. The van der Waals surface area contributed by atoms with Crippen LogP contribution in [0.3, 0.4) is 0 Å². The molecule has 1 amide bonds. The van der Waals surface area contributed by atoms with Crippen LogP contribution in [-0.4, -0.2) is 26.4 Å². The summed E-state index contributed by atoms with van der Waals surface area (Å²) in [6.45, 7) is 0. The predicted molar refractivity (Wildman–Crippen MR) is 85.5 cm³/mol. The third-order valence-corrected chi connectivity index (χ3v) is 4.09. The number of thioether (sulfide) groups is 1. The van der Waals surface area contributed by atoms with Gasteiger partial charge in [0.25, 0.3) is 0 Å². The smallest absolute Gasteiger partial charge is 0.224 e. The molecule has 8 heteroatoms. The first-order valence-corrected chi connectivity index (χ1v) is 7.74. The Labute approximate surface area is 132 Å². The molecule has 1 aromatic carbocycles. The molecule has 2 aromatic rings. The van der Waals surface area contributed by atoms with Gasteiger partial charge in [-0.2, -0.15) is 0 Å². The number of carbonyl (C=O) groups is 1. The zero-order valence-electron chi connectivity index (χ0n) is 11.5. The molecular formula is C13H16ClN5OS. The largest absolute Gasteiger partial charge is 0.397 e. The van der Waals surface area contributed by atoms with Gasteiger partial charge in [-0.1, -0.05) is 23.4 Å². The van der Waals surface area contributed by atoms with Gasteiger partial charge in [0.1, 0.15) is 6.33 Å². The Morgan fingerprint density at radius 1 is 1.52 bits per heavy atom. The number of rotatable bonds is 6. The SMILES string of the molecule is Cn1cnnc1SCCCC(=O)Nc1cc(Cl)ccc1N. The van der Waals surface area contributed by atoms with Crippen molar-refractivity contribution in [2.24, 2.45) is 7.05 Å². The van der Waals surface area contributed by atoms with Crippen molar-refractivity contribution in [2.45, 2.75) is 18.0 Å². The van der Waals surface area contributed by atoms with E-state index >= 15 is 0 Å². The fourth-order valence-corrected chi connectivity index (χ4v) is 2.65. The van der Waals surface area contributed by atoms with Crippen molar-refractivity contribution in [2.75, 3.05) is 16.8 Å². The second kappa shape index (κ2) is 7.33. The van der Waals surface area contributed by atoms with Gasteiger partial charge < -0.3 is 15.6 Å². The van der Waals surface area contributed by atoms with Gasteiger partial charge in [-0.3, -0.25) is 4.79 Å². The standard InChI is InChI=1S/C13H16ClN5OS/c1-19-8-16-18-13(19)21-6-2-3-12(20)17-11-7-9(14)4-5-10(11)15/h4-5,7-8H,2-3,6,15H2,1H3,(H,17,20). The molecule has 0 fully saturated rings. The van der Waals surface area contributed by atoms with Gasteiger partial charge in [0.2, 0.25) is 5.91 Å². The van der Waals surface area contributed by atoms with Gasteiger partial charge in [0.15, 0.2) is 5.16 Å². The van der Waals surface area contributed by atoms with Crippen molar-refractivity contribution in [1.29, 1.82) is 0 Å². The van der Waals surface area contributed by atoms with Crippen LogP contribution in [0.4, 0.5) is 11.4 Å². The number of nitrogens with zero attached hydrogens (tertiary/aromatic N) is 3. The van der Waals surface area contributed by atoms with E-state index in [0.29, 0.717) is 22.8 Å². The molecule has 0 aliphatic carbocycles. The van der Waals surface area contributed by atoms with E-state index in [4.69, 9.17) is 17.3 Å². The zero-order valence-corrected chi connectivity index (χ0v) is 13.1. The monoisotopic (exact) mass is 325 g/mol. The number of carbonyl (C=O) groups excluding carboxylic acids is 1. The number of benzene rings is 1. The van der Waals surface area contributed by atoms with Crippen LogP contribution in [0.25, 0.3) is 0 Å². The highest BCUT2D eigenvalue weighted by Gasteiger charge is 2.07. The minimum atomic E-state index is -0.0810. The Bertz CT molecular complexity index is 631. The minimum absolute atomic E-state index is 0.0810. The number of aryl methyl sites for hydroxylation is 1. The van der Waals surface area contributed by atoms with Gasteiger partial charge in [-0.25, -0.2) is 0 Å². The number of aromatic nitrogens is 3. The molecule has 0 aliphatic rings. The first kappa shape index (κ1) is 15.7. The second-order valence-corrected chi connectivity index (χ2v) is 5.95. The Balaban J connectivity index is 1.75. The van der Waals surface area contributed by atoms with Crippen molar-refractivity contribution < 1.29 is 4.79 Å². The normalized spacial score (nSPS) is 10.6. The molecule has 1 aromatic heterocycles. The third-order valence-electron chi connectivity index (χ3n) is 2.74. The highest BCUT2D eigenvalue weighted by molar-refractivity contribution is 7.99. The lowest BCUT2D eigenvalue weighted by Crippen LogP contribution is -2.12. The van der Waals surface area contributed by atoms with Gasteiger partial charge >= 0.3 is 0 Å². The fourth-order valence-electron chi connectivity index (χ4n) is 1.65. The number of halogens is 1. The maximum atomic E-state index is 11.9. The van der Waals surface area contributed by atoms with Crippen molar-refractivity contribution >= 4 is 40.6 Å². The van der Waals surface area contributed by atoms with Crippen LogP contribution in [0.2, 0.25) is 5.02 Å². The molecule has 1 heterocycles. The lowest BCUT2D eigenvalue weighted by atomic mass is 10.2. The highest BCUT2D eigenvalue weighted by atomic mass is 35.5. The predicted octanol–water partition coefficient (Wildman–Crippen LogP) is 2.56. The lowest BCUT2D eigenvalue weighted by molar-refractivity contribution is -0.116. The van der Waals surface area contributed by atoms with E-state index in [9.17, 15) is 4.79 Å². The molecule has 6 nitrogen and oxygen atoms in total. The highest BCUT2D eigenvalue weighted by Crippen LogP contribution is 2.23. The molecule has 0 saturated heterocycles. The van der Waals surface area contributed by atoms with Crippen molar-refractivity contribution in [1.82, 2.24) is 14.8 Å². The minimum Gasteiger partial charge on any atom is -0.397 e. The van der Waals surface area contributed by atoms with Crippen LogP contribution in [0, 0.1) is 0 Å². The summed E-state index contributed by atoms with van der Waals surface area (Å²) in [5.74, 6) is 0.716. The van der Waals surface area contributed by atoms with E-state index < -0.39 is 0 Å². The molecule has 0 saturated carbocycles. The quantitative estimate of drug-likeness (QED) is 0.484. The number of amides is 1. The molecule has 0 bridgehead atoms. The number of anilines is 2. The molecule has 3 N–H and O–H groups in total. The molecule has 2 rings (SSSR count). The maximum Gasteiger partial charge on any atom is 0.224 e. The number of nitrogens with one attached hydrogen (secondary N) is 1. The molecule has 112 valence electrons. The van der Waals surface area contributed by atoms with Crippen LogP contribution in [0.1, 0.15) is 12.8 Å². The summed E-state index contributed by atoms with van der Waals surface area (Å²) in [7, 11) is 1.89. The summed E-state index contributed by atoms with van der Waals surface area (Å²) in [6.07, 6.45) is 2.80. The van der Waals surface area contributed by atoms with Crippen molar-refractivity contribution in [3.05, 3.63) is 29.5 Å². The number of hydrogen-bond acceptors (Lipinski definition) is 5. The summed E-state index contributed by atoms with van der Waals surface area (Å²) < 4.78 is 1.84. The average molecular weight is 326 g/mol. The fraction of sp³-hybridized carbons (Fsp3) is 0.308. The number of nitrogen functional groups attached to an aromatic ring is 1. The van der Waals surface area contributed by atoms with Crippen LogP contribution >= 0.6 is 23.4 Å². The first-order valence-electron chi connectivity index (χ1n) is 6.38. The third kappa shape index (κ3) is 4.64. The molecule has 0 aliphatic heterocycles. The van der Waals surface area contributed by atoms with E-state index in [1.807, 2.05) is 11.6 Å². The topological polar surface area (TPSA) is 85.8 Å². The first-order chi connectivity index (χ1) is 10.1. The Kier molecular flexibility index (Phi) is 5.46. The summed E-state index contributed by atoms with van der Waals surface area (Å²) in [4.78, 5) is 11.9. The maximum absolute atomic E-state index is 11.9. The number of nitrogens with two attached hydrogens (primary N) is 1. The molecule has 21 heavy (non-hydrogen) atoms. The van der Waals surface area contributed by atoms with E-state index in [1.54, 1.807) is 36.3 Å². The van der Waals surface area contributed by atoms with Gasteiger partial charge in [-0.05, 0) is 24.6 Å². The summed E-state index contributed by atoms with van der Waals surface area (Å²) in [5.41, 5.74) is 6.83. The van der Waals surface area contributed by atoms with Gasteiger partial charge in [0, 0.05) is 24.2 Å². The van der Waals surface area contributed by atoms with Crippen LogP contribution < -0.4 is 11.1 Å². The molecule has 0 unspecified atom stereocenters. The average Bonchev–Trinajstić information content (AvgIpc) is 2.84. The molecular weight excluding hydrogens is 310 g/mol. The summed E-state index contributed by atoms with van der Waals surface area (Å²) >= 11 is 7.44. The summed E-state index contributed by atoms with van der Waals surface area (Å²) in [6, 6.07) is 5.00. The van der Waals surface area contributed by atoms with Crippen molar-refractivity contribution in [3.8, 4) is 0 Å². The lowest BCUT2D eigenvalue weighted by Gasteiger charge is -2.08. The van der Waals surface area contributed by atoms with E-state index in [1.165, 1.54) is 0 Å². The van der Waals surface area contributed by atoms with Crippen LogP contribution in [0.15, 0.2) is 29.7 Å².